The quantitative estimate of drug-likeness (QED) is 0.850. The predicted molar refractivity (Wildman–Crippen MR) is 82.2 cm³/mol. The monoisotopic (exact) mass is 309 g/mol. The zero-order valence-corrected chi connectivity index (χ0v) is 13.5. The fraction of sp³-hybridized carbons (Fsp3) is 0.786. The first-order chi connectivity index (χ1) is 10.0. The molecule has 1 aliphatic heterocycles. The SMILES string of the molecule is Cc1nn(CN2CCC(NC(=O)C3CC3)CC2)c(=S)n1C. The molecule has 6 nitrogen and oxygen atoms in total. The normalized spacial score (nSPS) is 20.7. The third-order valence-corrected chi connectivity index (χ3v) is 4.96. The summed E-state index contributed by atoms with van der Waals surface area (Å²) in [6.07, 6.45) is 4.17. The molecule has 1 amide bonds. The van der Waals surface area contributed by atoms with Gasteiger partial charge < -0.3 is 9.88 Å². The number of hydrogen-bond donors (Lipinski definition) is 1. The van der Waals surface area contributed by atoms with Crippen molar-refractivity contribution in [2.45, 2.75) is 45.3 Å². The minimum atomic E-state index is 0.260. The summed E-state index contributed by atoms with van der Waals surface area (Å²) in [6, 6.07) is 0.341. The Balaban J connectivity index is 1.50. The Labute approximate surface area is 130 Å². The van der Waals surface area contributed by atoms with Gasteiger partial charge in [0, 0.05) is 32.1 Å². The summed E-state index contributed by atoms with van der Waals surface area (Å²) < 4.78 is 4.57. The number of nitrogens with zero attached hydrogens (tertiary/aromatic N) is 4. The summed E-state index contributed by atoms with van der Waals surface area (Å²) in [7, 11) is 1.95. The van der Waals surface area contributed by atoms with Crippen LogP contribution in [0.1, 0.15) is 31.5 Å². The molecule has 1 aromatic rings. The summed E-state index contributed by atoms with van der Waals surface area (Å²) in [5, 5.41) is 7.64. The third-order valence-electron chi connectivity index (χ3n) is 4.47. The summed E-state index contributed by atoms with van der Waals surface area (Å²) in [5.74, 6) is 1.50. The smallest absolute Gasteiger partial charge is 0.223 e. The molecule has 0 bridgehead atoms. The molecule has 1 aliphatic carbocycles. The second kappa shape index (κ2) is 5.88. The van der Waals surface area contributed by atoms with Crippen LogP contribution in [-0.4, -0.2) is 44.3 Å². The number of aromatic nitrogens is 3. The third kappa shape index (κ3) is 3.35. The van der Waals surface area contributed by atoms with E-state index in [-0.39, 0.29) is 5.91 Å². The highest BCUT2D eigenvalue weighted by atomic mass is 32.1. The van der Waals surface area contributed by atoms with E-state index in [4.69, 9.17) is 12.2 Å². The Morgan fingerprint density at radius 3 is 2.52 bits per heavy atom. The molecule has 116 valence electrons. The zero-order chi connectivity index (χ0) is 15.0. The van der Waals surface area contributed by atoms with Crippen LogP contribution in [0.4, 0.5) is 0 Å². The first-order valence-corrected chi connectivity index (χ1v) is 8.08. The van der Waals surface area contributed by atoms with E-state index in [2.05, 4.69) is 15.3 Å². The molecule has 0 unspecified atom stereocenters. The van der Waals surface area contributed by atoms with Gasteiger partial charge in [-0.05, 0) is 44.8 Å². The van der Waals surface area contributed by atoms with Gasteiger partial charge in [0.25, 0.3) is 0 Å². The van der Waals surface area contributed by atoms with E-state index < -0.39 is 0 Å². The standard InChI is InChI=1S/C14H23N5OS/c1-10-16-19(14(21)17(10)2)9-18-7-5-12(6-8-18)15-13(20)11-3-4-11/h11-12H,3-9H2,1-2H3,(H,15,20). The van der Waals surface area contributed by atoms with E-state index in [1.807, 2.05) is 23.2 Å². The van der Waals surface area contributed by atoms with Gasteiger partial charge in [0.2, 0.25) is 5.91 Å². The number of hydrogen-bond acceptors (Lipinski definition) is 4. The van der Waals surface area contributed by atoms with Crippen LogP contribution in [0.25, 0.3) is 0 Å². The van der Waals surface area contributed by atoms with E-state index in [0.717, 1.165) is 56.0 Å². The van der Waals surface area contributed by atoms with Crippen LogP contribution >= 0.6 is 12.2 Å². The highest BCUT2D eigenvalue weighted by molar-refractivity contribution is 7.71. The van der Waals surface area contributed by atoms with Gasteiger partial charge in [-0.1, -0.05) is 0 Å². The average molecular weight is 309 g/mol. The molecular weight excluding hydrogens is 286 g/mol. The van der Waals surface area contributed by atoms with Crippen LogP contribution in [0.2, 0.25) is 0 Å². The molecular formula is C14H23N5OS. The van der Waals surface area contributed by atoms with Gasteiger partial charge in [0.15, 0.2) is 4.77 Å². The lowest BCUT2D eigenvalue weighted by atomic mass is 10.1. The topological polar surface area (TPSA) is 55.1 Å². The lowest BCUT2D eigenvalue weighted by Gasteiger charge is -2.32. The Kier molecular flexibility index (Phi) is 4.12. The van der Waals surface area contributed by atoms with Gasteiger partial charge in [0.05, 0.1) is 6.67 Å². The first-order valence-electron chi connectivity index (χ1n) is 7.68. The molecule has 0 radical (unpaired) electrons. The van der Waals surface area contributed by atoms with Crippen molar-refractivity contribution in [1.29, 1.82) is 0 Å². The number of carbonyl (C=O) groups is 1. The van der Waals surface area contributed by atoms with Crippen molar-refractivity contribution in [3.63, 3.8) is 0 Å². The van der Waals surface area contributed by atoms with Crippen LogP contribution in [0.15, 0.2) is 0 Å². The fourth-order valence-corrected chi connectivity index (χ4v) is 2.99. The molecule has 0 aromatic carbocycles. The van der Waals surface area contributed by atoms with Gasteiger partial charge in [-0.3, -0.25) is 9.69 Å². The van der Waals surface area contributed by atoms with E-state index in [0.29, 0.717) is 12.0 Å². The Bertz CT molecular complexity index is 581. The van der Waals surface area contributed by atoms with Crippen molar-refractivity contribution < 1.29 is 4.79 Å². The maximum atomic E-state index is 11.8. The van der Waals surface area contributed by atoms with Gasteiger partial charge in [-0.15, -0.1) is 0 Å². The van der Waals surface area contributed by atoms with E-state index in [1.165, 1.54) is 0 Å². The summed E-state index contributed by atoms with van der Waals surface area (Å²) in [5.41, 5.74) is 0. The summed E-state index contributed by atoms with van der Waals surface area (Å²) >= 11 is 5.38. The Hall–Kier alpha value is -1.21. The van der Waals surface area contributed by atoms with Crippen molar-refractivity contribution in [2.24, 2.45) is 13.0 Å². The van der Waals surface area contributed by atoms with E-state index >= 15 is 0 Å². The van der Waals surface area contributed by atoms with Gasteiger partial charge in [0.1, 0.15) is 5.82 Å². The van der Waals surface area contributed by atoms with Crippen LogP contribution in [-0.2, 0) is 18.5 Å². The summed E-state index contributed by atoms with van der Waals surface area (Å²) in [6.45, 7) is 4.66. The van der Waals surface area contributed by atoms with Gasteiger partial charge >= 0.3 is 0 Å². The number of amides is 1. The predicted octanol–water partition coefficient (Wildman–Crippen LogP) is 1.21. The van der Waals surface area contributed by atoms with Crippen molar-refractivity contribution >= 4 is 18.1 Å². The van der Waals surface area contributed by atoms with Crippen LogP contribution < -0.4 is 5.32 Å². The summed E-state index contributed by atoms with van der Waals surface area (Å²) in [4.78, 5) is 14.1. The molecule has 3 rings (SSSR count). The maximum absolute atomic E-state index is 11.8. The first kappa shape index (κ1) is 14.7. The Morgan fingerprint density at radius 2 is 2.00 bits per heavy atom. The van der Waals surface area contributed by atoms with Gasteiger partial charge in [-0.2, -0.15) is 5.10 Å². The number of carbonyl (C=O) groups excluding carboxylic acids is 1. The average Bonchev–Trinajstić information content (AvgIpc) is 3.28. The molecule has 2 aliphatic rings. The van der Waals surface area contributed by atoms with E-state index in [1.54, 1.807) is 0 Å². The van der Waals surface area contributed by atoms with Crippen LogP contribution in [0.5, 0.6) is 0 Å². The molecule has 1 saturated heterocycles. The molecule has 2 fully saturated rings. The number of likely N-dealkylation sites (tertiary alicyclic amines) is 1. The second-order valence-electron chi connectivity index (χ2n) is 6.20. The van der Waals surface area contributed by atoms with Crippen molar-refractivity contribution in [3.05, 3.63) is 10.6 Å². The molecule has 0 spiro atoms. The van der Waals surface area contributed by atoms with Gasteiger partial charge in [-0.25, -0.2) is 4.68 Å². The second-order valence-corrected chi connectivity index (χ2v) is 6.57. The van der Waals surface area contributed by atoms with Crippen LogP contribution in [0, 0.1) is 17.6 Å². The minimum Gasteiger partial charge on any atom is -0.353 e. The van der Waals surface area contributed by atoms with Crippen molar-refractivity contribution in [2.75, 3.05) is 13.1 Å². The fourth-order valence-electron chi connectivity index (χ4n) is 2.76. The molecule has 2 heterocycles. The van der Waals surface area contributed by atoms with Crippen molar-refractivity contribution in [3.8, 4) is 0 Å². The zero-order valence-electron chi connectivity index (χ0n) is 12.7. The minimum absolute atomic E-state index is 0.260. The number of rotatable bonds is 4. The largest absolute Gasteiger partial charge is 0.353 e. The maximum Gasteiger partial charge on any atom is 0.223 e. The lowest BCUT2D eigenvalue weighted by molar-refractivity contribution is -0.123. The molecule has 1 saturated carbocycles. The molecule has 7 heteroatoms. The Morgan fingerprint density at radius 1 is 1.33 bits per heavy atom. The van der Waals surface area contributed by atoms with E-state index in [9.17, 15) is 4.79 Å². The highest BCUT2D eigenvalue weighted by Crippen LogP contribution is 2.29. The highest BCUT2D eigenvalue weighted by Gasteiger charge is 2.31. The number of piperidine rings is 1. The molecule has 1 aromatic heterocycles. The molecule has 1 N–H and O–H groups in total. The lowest BCUT2D eigenvalue weighted by Crippen LogP contribution is -2.45. The van der Waals surface area contributed by atoms with Crippen LogP contribution in [0.3, 0.4) is 0 Å². The number of aryl methyl sites for hydroxylation is 1. The molecule has 21 heavy (non-hydrogen) atoms. The van der Waals surface area contributed by atoms with Crippen molar-refractivity contribution in [1.82, 2.24) is 24.6 Å². The number of nitrogens with one attached hydrogen (secondary N) is 1. The molecule has 0 atom stereocenters.